The average molecular weight is 383 g/mol. The smallest absolute Gasteiger partial charge is 0.251 e. The second-order valence-electron chi connectivity index (χ2n) is 7.09. The van der Waals surface area contributed by atoms with Crippen molar-refractivity contribution in [3.8, 4) is 5.75 Å². The summed E-state index contributed by atoms with van der Waals surface area (Å²) < 4.78 is 11.1. The van der Waals surface area contributed by atoms with Crippen molar-refractivity contribution < 1.29 is 14.3 Å². The van der Waals surface area contributed by atoms with Crippen molar-refractivity contribution >= 4 is 5.91 Å². The zero-order valence-electron chi connectivity index (χ0n) is 16.7. The van der Waals surface area contributed by atoms with Gasteiger partial charge in [-0.2, -0.15) is 0 Å². The third-order valence-corrected chi connectivity index (χ3v) is 4.82. The van der Waals surface area contributed by atoms with Gasteiger partial charge in [-0.15, -0.1) is 0 Å². The molecule has 1 amide bonds. The highest BCUT2D eigenvalue weighted by atomic mass is 16.5. The van der Waals surface area contributed by atoms with Crippen molar-refractivity contribution in [2.45, 2.75) is 26.3 Å². The summed E-state index contributed by atoms with van der Waals surface area (Å²) in [5, 5.41) is 2.93. The number of aryl methyl sites for hydroxylation is 1. The maximum absolute atomic E-state index is 12.4. The van der Waals surface area contributed by atoms with Crippen molar-refractivity contribution in [1.82, 2.24) is 10.2 Å². The van der Waals surface area contributed by atoms with Crippen molar-refractivity contribution in [3.63, 3.8) is 0 Å². The molecule has 1 aliphatic rings. The minimum atomic E-state index is -0.0641. The molecule has 150 valence electrons. The van der Waals surface area contributed by atoms with E-state index in [9.17, 15) is 4.79 Å². The summed E-state index contributed by atoms with van der Waals surface area (Å²) in [5.41, 5.74) is 3.16. The maximum Gasteiger partial charge on any atom is 0.251 e. The third-order valence-electron chi connectivity index (χ3n) is 4.82. The van der Waals surface area contributed by atoms with E-state index < -0.39 is 0 Å². The number of nitrogens with one attached hydrogen (secondary N) is 1. The molecule has 2 aromatic carbocycles. The highest BCUT2D eigenvalue weighted by molar-refractivity contribution is 5.94. The van der Waals surface area contributed by atoms with Gasteiger partial charge in [0, 0.05) is 25.2 Å². The lowest BCUT2D eigenvalue weighted by Gasteiger charge is -2.26. The first kappa shape index (κ1) is 20.4. The van der Waals surface area contributed by atoms with Gasteiger partial charge in [-0.25, -0.2) is 0 Å². The van der Waals surface area contributed by atoms with Gasteiger partial charge in [0.1, 0.15) is 12.4 Å². The fraction of sp³-hybridized carbons (Fsp3) is 0.435. The van der Waals surface area contributed by atoms with E-state index in [4.69, 9.17) is 9.47 Å². The van der Waals surface area contributed by atoms with Gasteiger partial charge in [0.25, 0.3) is 5.91 Å². The average Bonchev–Trinajstić information content (AvgIpc) is 2.73. The summed E-state index contributed by atoms with van der Waals surface area (Å²) in [6.07, 6.45) is 2.22. The van der Waals surface area contributed by atoms with Crippen LogP contribution < -0.4 is 10.1 Å². The molecular formula is C23H30N2O3. The predicted molar refractivity (Wildman–Crippen MR) is 111 cm³/mol. The van der Waals surface area contributed by atoms with Crippen LogP contribution in [-0.4, -0.2) is 50.3 Å². The van der Waals surface area contributed by atoms with Gasteiger partial charge in [-0.1, -0.05) is 37.6 Å². The molecule has 0 aromatic heterocycles. The zero-order valence-corrected chi connectivity index (χ0v) is 16.7. The summed E-state index contributed by atoms with van der Waals surface area (Å²) in [7, 11) is 0. The van der Waals surface area contributed by atoms with E-state index in [0.29, 0.717) is 18.7 Å². The highest BCUT2D eigenvalue weighted by Crippen LogP contribution is 2.13. The number of benzene rings is 2. The second kappa shape index (κ2) is 10.8. The Kier molecular flexibility index (Phi) is 7.88. The van der Waals surface area contributed by atoms with Gasteiger partial charge in [0.05, 0.1) is 19.8 Å². The maximum atomic E-state index is 12.4. The fourth-order valence-electron chi connectivity index (χ4n) is 3.30. The Hall–Kier alpha value is -2.37. The first-order chi connectivity index (χ1) is 13.7. The molecule has 5 nitrogen and oxygen atoms in total. The Labute approximate surface area is 167 Å². The summed E-state index contributed by atoms with van der Waals surface area (Å²) in [4.78, 5) is 14.8. The second-order valence-corrected chi connectivity index (χ2v) is 7.09. The van der Waals surface area contributed by atoms with E-state index in [-0.39, 0.29) is 5.91 Å². The van der Waals surface area contributed by atoms with E-state index in [0.717, 1.165) is 57.0 Å². The minimum absolute atomic E-state index is 0.0641. The zero-order chi connectivity index (χ0) is 19.6. The number of nitrogens with zero attached hydrogens (tertiary/aromatic N) is 1. The third kappa shape index (κ3) is 6.36. The molecule has 0 saturated carbocycles. The summed E-state index contributed by atoms with van der Waals surface area (Å²) in [6, 6.07) is 16.0. The lowest BCUT2D eigenvalue weighted by atomic mass is 10.1. The first-order valence-corrected chi connectivity index (χ1v) is 10.1. The van der Waals surface area contributed by atoms with Crippen LogP contribution in [0.4, 0.5) is 0 Å². The minimum Gasteiger partial charge on any atom is -0.492 e. The normalized spacial score (nSPS) is 14.6. The monoisotopic (exact) mass is 382 g/mol. The molecule has 0 aliphatic carbocycles. The van der Waals surface area contributed by atoms with E-state index >= 15 is 0 Å². The summed E-state index contributed by atoms with van der Waals surface area (Å²) >= 11 is 0. The molecule has 0 radical (unpaired) electrons. The van der Waals surface area contributed by atoms with Crippen LogP contribution in [0.15, 0.2) is 48.5 Å². The molecule has 1 fully saturated rings. The molecule has 1 heterocycles. The molecule has 0 spiro atoms. The number of carbonyl (C=O) groups excluding carboxylic acids is 1. The SMILES string of the molecule is CCCc1ccc(OCCNC(=O)c2cccc(CN3CCOCC3)c2)cc1. The largest absolute Gasteiger partial charge is 0.492 e. The number of hydrogen-bond donors (Lipinski definition) is 1. The number of rotatable bonds is 9. The van der Waals surface area contributed by atoms with Crippen LogP contribution in [0.3, 0.4) is 0 Å². The van der Waals surface area contributed by atoms with Crippen LogP contribution in [0.5, 0.6) is 5.75 Å². The summed E-state index contributed by atoms with van der Waals surface area (Å²) in [6.45, 7) is 7.38. The molecule has 1 N–H and O–H groups in total. The van der Waals surface area contributed by atoms with Crippen molar-refractivity contribution in [1.29, 1.82) is 0 Å². The van der Waals surface area contributed by atoms with Gasteiger partial charge >= 0.3 is 0 Å². The quantitative estimate of drug-likeness (QED) is 0.676. The van der Waals surface area contributed by atoms with Crippen LogP contribution in [-0.2, 0) is 17.7 Å². The Morgan fingerprint density at radius 3 is 2.64 bits per heavy atom. The van der Waals surface area contributed by atoms with Crippen LogP contribution in [0.1, 0.15) is 34.8 Å². The number of morpholine rings is 1. The fourth-order valence-corrected chi connectivity index (χ4v) is 3.30. The van der Waals surface area contributed by atoms with Crippen LogP contribution in [0.2, 0.25) is 0 Å². The molecular weight excluding hydrogens is 352 g/mol. The molecule has 5 heteroatoms. The van der Waals surface area contributed by atoms with Crippen LogP contribution in [0.25, 0.3) is 0 Å². The van der Waals surface area contributed by atoms with E-state index in [1.165, 1.54) is 5.56 Å². The van der Waals surface area contributed by atoms with Crippen molar-refractivity contribution in [2.75, 3.05) is 39.5 Å². The molecule has 0 bridgehead atoms. The molecule has 2 aromatic rings. The molecule has 1 saturated heterocycles. The summed E-state index contributed by atoms with van der Waals surface area (Å²) in [5.74, 6) is 0.771. The van der Waals surface area contributed by atoms with Crippen molar-refractivity contribution in [3.05, 3.63) is 65.2 Å². The van der Waals surface area contributed by atoms with Gasteiger partial charge < -0.3 is 14.8 Å². The highest BCUT2D eigenvalue weighted by Gasteiger charge is 2.12. The topological polar surface area (TPSA) is 50.8 Å². The number of ether oxygens (including phenoxy) is 2. The van der Waals surface area contributed by atoms with Crippen LogP contribution in [0, 0.1) is 0 Å². The molecule has 0 atom stereocenters. The van der Waals surface area contributed by atoms with E-state index in [2.05, 4.69) is 35.3 Å². The van der Waals surface area contributed by atoms with E-state index in [1.54, 1.807) is 0 Å². The molecule has 1 aliphatic heterocycles. The van der Waals surface area contributed by atoms with E-state index in [1.807, 2.05) is 30.3 Å². The first-order valence-electron chi connectivity index (χ1n) is 10.1. The lowest BCUT2D eigenvalue weighted by Crippen LogP contribution is -2.35. The Morgan fingerprint density at radius 1 is 1.11 bits per heavy atom. The standard InChI is InChI=1S/C23H30N2O3/c1-2-4-19-7-9-22(10-8-19)28-14-11-24-23(26)21-6-3-5-20(17-21)18-25-12-15-27-16-13-25/h3,5-10,17H,2,4,11-16,18H2,1H3,(H,24,26). The van der Waals surface area contributed by atoms with Gasteiger partial charge in [0.2, 0.25) is 0 Å². The lowest BCUT2D eigenvalue weighted by molar-refractivity contribution is 0.0342. The van der Waals surface area contributed by atoms with Crippen molar-refractivity contribution in [2.24, 2.45) is 0 Å². The molecule has 3 rings (SSSR count). The number of amides is 1. The van der Waals surface area contributed by atoms with Crippen LogP contribution >= 0.6 is 0 Å². The molecule has 28 heavy (non-hydrogen) atoms. The number of hydrogen-bond acceptors (Lipinski definition) is 4. The molecule has 0 unspecified atom stereocenters. The Bertz CT molecular complexity index is 740. The van der Waals surface area contributed by atoms with Gasteiger partial charge in [-0.05, 0) is 41.8 Å². The predicted octanol–water partition coefficient (Wildman–Crippen LogP) is 3.28. The Morgan fingerprint density at radius 2 is 1.89 bits per heavy atom. The number of carbonyl (C=O) groups is 1. The Balaban J connectivity index is 1.42. The van der Waals surface area contributed by atoms with Gasteiger partial charge in [-0.3, -0.25) is 9.69 Å². The van der Waals surface area contributed by atoms with Gasteiger partial charge in [0.15, 0.2) is 0 Å².